The zero-order valence-corrected chi connectivity index (χ0v) is 17.1. The van der Waals surface area contributed by atoms with Crippen molar-refractivity contribution in [3.63, 3.8) is 0 Å². The van der Waals surface area contributed by atoms with Gasteiger partial charge in [-0.1, -0.05) is 63.6 Å². The van der Waals surface area contributed by atoms with E-state index in [1.165, 1.54) is 0 Å². The van der Waals surface area contributed by atoms with Gasteiger partial charge in [-0.25, -0.2) is 4.79 Å². The number of hydrogen-bond acceptors (Lipinski definition) is 2. The second-order valence-electron chi connectivity index (χ2n) is 8.58. The summed E-state index contributed by atoms with van der Waals surface area (Å²) in [6.45, 7) is 13.2. The predicted molar refractivity (Wildman–Crippen MR) is 108 cm³/mol. The first kappa shape index (κ1) is 20.0. The van der Waals surface area contributed by atoms with Gasteiger partial charge in [0.2, 0.25) is 0 Å². The van der Waals surface area contributed by atoms with Crippen LogP contribution in [-0.2, 0) is 13.6 Å². The van der Waals surface area contributed by atoms with Crippen LogP contribution in [0.15, 0.2) is 28.6 Å². The predicted octanol–water partition coefficient (Wildman–Crippen LogP) is 2.72. The number of rotatable bonds is 3. The van der Waals surface area contributed by atoms with Crippen molar-refractivity contribution in [3.8, 4) is 6.07 Å². The molecular weight excluding hydrogens is 322 g/mol. The zero-order chi connectivity index (χ0) is 19.6. The van der Waals surface area contributed by atoms with Gasteiger partial charge in [0.05, 0.1) is 22.7 Å². The fourth-order valence-corrected chi connectivity index (χ4v) is 3.64. The van der Waals surface area contributed by atoms with Crippen LogP contribution in [0.3, 0.4) is 0 Å². The van der Waals surface area contributed by atoms with Crippen LogP contribution >= 0.6 is 0 Å². The minimum absolute atomic E-state index is 0.0123. The molecule has 0 N–H and O–H groups in total. The number of nitrogens with zero attached hydrogens (tertiary/aromatic N) is 3. The first-order valence-electron chi connectivity index (χ1n) is 9.29. The van der Waals surface area contributed by atoms with E-state index in [1.54, 1.807) is 4.57 Å². The van der Waals surface area contributed by atoms with Gasteiger partial charge in [0, 0.05) is 19.5 Å². The van der Waals surface area contributed by atoms with Crippen molar-refractivity contribution in [1.29, 1.82) is 5.26 Å². The van der Waals surface area contributed by atoms with Gasteiger partial charge in [-0.05, 0) is 25.2 Å². The van der Waals surface area contributed by atoms with Crippen LogP contribution in [0.25, 0.3) is 12.2 Å². The number of nitriles is 1. The first-order valence-corrected chi connectivity index (χ1v) is 9.29. The standard InChI is InChI=1S/C22H31N3O/c1-8-19-20(24(7)21(26)25(19)14-22(4,5)6)12-16(3)18-10-9-15(2)11-17(18)13-23/h8-12,16-18H,14H2,1-7H3/b19-8+,20-12+. The van der Waals surface area contributed by atoms with E-state index in [2.05, 4.69) is 52.0 Å². The van der Waals surface area contributed by atoms with Gasteiger partial charge in [0.1, 0.15) is 0 Å². The van der Waals surface area contributed by atoms with E-state index < -0.39 is 0 Å². The van der Waals surface area contributed by atoms with E-state index in [1.807, 2.05) is 37.6 Å². The first-order chi connectivity index (χ1) is 12.1. The van der Waals surface area contributed by atoms with Crippen LogP contribution in [0.4, 0.5) is 0 Å². The van der Waals surface area contributed by atoms with E-state index in [0.717, 1.165) is 16.3 Å². The topological polar surface area (TPSA) is 50.7 Å². The molecule has 2 rings (SSSR count). The second-order valence-corrected chi connectivity index (χ2v) is 8.58. The summed E-state index contributed by atoms with van der Waals surface area (Å²) < 4.78 is 3.59. The monoisotopic (exact) mass is 353 g/mol. The number of hydrogen-bond donors (Lipinski definition) is 0. The average molecular weight is 354 g/mol. The lowest BCUT2D eigenvalue weighted by Gasteiger charge is -2.24. The molecule has 0 bridgehead atoms. The summed E-state index contributed by atoms with van der Waals surface area (Å²) in [6, 6.07) is 2.41. The molecule has 1 aliphatic rings. The van der Waals surface area contributed by atoms with Gasteiger partial charge in [-0.3, -0.25) is 9.13 Å². The molecular formula is C22H31N3O. The van der Waals surface area contributed by atoms with E-state index in [0.29, 0.717) is 6.54 Å². The molecule has 1 heterocycles. The Hall–Kier alpha value is -2.28. The van der Waals surface area contributed by atoms with E-state index in [9.17, 15) is 10.1 Å². The van der Waals surface area contributed by atoms with Crippen LogP contribution in [-0.4, -0.2) is 9.13 Å². The Morgan fingerprint density at radius 3 is 2.54 bits per heavy atom. The summed E-state index contributed by atoms with van der Waals surface area (Å²) >= 11 is 0. The highest BCUT2D eigenvalue weighted by molar-refractivity contribution is 5.34. The molecule has 140 valence electrons. The maximum Gasteiger partial charge on any atom is 0.328 e. The largest absolute Gasteiger partial charge is 0.328 e. The van der Waals surface area contributed by atoms with Crippen molar-refractivity contribution in [3.05, 3.63) is 45.0 Å². The van der Waals surface area contributed by atoms with Crippen molar-refractivity contribution in [2.75, 3.05) is 0 Å². The van der Waals surface area contributed by atoms with E-state index in [4.69, 9.17) is 0 Å². The Morgan fingerprint density at radius 1 is 1.35 bits per heavy atom. The molecule has 0 amide bonds. The van der Waals surface area contributed by atoms with Crippen LogP contribution in [0, 0.1) is 34.5 Å². The Balaban J connectivity index is 2.55. The molecule has 3 atom stereocenters. The molecule has 4 nitrogen and oxygen atoms in total. The molecule has 0 spiro atoms. The highest BCUT2D eigenvalue weighted by atomic mass is 16.1. The van der Waals surface area contributed by atoms with E-state index in [-0.39, 0.29) is 28.9 Å². The molecule has 0 saturated carbocycles. The number of aromatic nitrogens is 2. The summed E-state index contributed by atoms with van der Waals surface area (Å²) in [7, 11) is 1.83. The van der Waals surface area contributed by atoms with Crippen LogP contribution in [0.5, 0.6) is 0 Å². The van der Waals surface area contributed by atoms with Crippen molar-refractivity contribution < 1.29 is 0 Å². The maximum absolute atomic E-state index is 12.8. The quantitative estimate of drug-likeness (QED) is 0.839. The Kier molecular flexibility index (Phi) is 5.81. The van der Waals surface area contributed by atoms with Crippen LogP contribution < -0.4 is 16.4 Å². The van der Waals surface area contributed by atoms with Crippen LogP contribution in [0.1, 0.15) is 41.5 Å². The molecule has 3 unspecified atom stereocenters. The van der Waals surface area contributed by atoms with Crippen molar-refractivity contribution in [2.45, 2.75) is 48.1 Å². The molecule has 1 aromatic heterocycles. The normalized spacial score (nSPS) is 23.1. The Labute approximate surface area is 156 Å². The summed E-state index contributed by atoms with van der Waals surface area (Å²) in [6.07, 6.45) is 10.4. The average Bonchev–Trinajstić information content (AvgIpc) is 2.77. The minimum Gasteiger partial charge on any atom is -0.295 e. The molecule has 4 heteroatoms. The van der Waals surface area contributed by atoms with Gasteiger partial charge in [0.25, 0.3) is 0 Å². The fraction of sp³-hybridized carbons (Fsp3) is 0.545. The molecule has 0 aromatic carbocycles. The zero-order valence-electron chi connectivity index (χ0n) is 17.1. The lowest BCUT2D eigenvalue weighted by molar-refractivity contribution is 0.333. The third kappa shape index (κ3) is 4.09. The molecule has 0 aliphatic heterocycles. The van der Waals surface area contributed by atoms with Gasteiger partial charge in [-0.2, -0.15) is 5.26 Å². The lowest BCUT2D eigenvalue weighted by Crippen LogP contribution is -2.36. The van der Waals surface area contributed by atoms with Gasteiger partial charge >= 0.3 is 5.69 Å². The Bertz CT molecular complexity index is 942. The summed E-state index contributed by atoms with van der Waals surface area (Å²) in [5.74, 6) is 0.138. The van der Waals surface area contributed by atoms with Gasteiger partial charge < -0.3 is 0 Å². The minimum atomic E-state index is -0.131. The molecule has 0 radical (unpaired) electrons. The summed E-state index contributed by atoms with van der Waals surface area (Å²) in [4.78, 5) is 12.8. The number of imidazole rings is 1. The molecule has 26 heavy (non-hydrogen) atoms. The second kappa shape index (κ2) is 7.53. The summed E-state index contributed by atoms with van der Waals surface area (Å²) in [5.41, 5.74) is 1.16. The smallest absolute Gasteiger partial charge is 0.295 e. The van der Waals surface area contributed by atoms with Gasteiger partial charge in [-0.15, -0.1) is 0 Å². The third-order valence-corrected chi connectivity index (χ3v) is 4.95. The van der Waals surface area contributed by atoms with Crippen molar-refractivity contribution in [1.82, 2.24) is 9.13 Å². The lowest BCUT2D eigenvalue weighted by atomic mass is 9.79. The third-order valence-electron chi connectivity index (χ3n) is 4.95. The molecule has 0 saturated heterocycles. The number of allylic oxidation sites excluding steroid dienone is 4. The highest BCUT2D eigenvalue weighted by Gasteiger charge is 2.24. The van der Waals surface area contributed by atoms with Crippen molar-refractivity contribution >= 4 is 12.2 Å². The SMILES string of the molecule is C/C=c1\c(=C/C(C)C2C=CC(C)=CC2C#N)n(C)c(=O)n1CC(C)(C)C. The van der Waals surface area contributed by atoms with Crippen LogP contribution in [0.2, 0.25) is 0 Å². The fourth-order valence-electron chi connectivity index (χ4n) is 3.64. The highest BCUT2D eigenvalue weighted by Crippen LogP contribution is 2.29. The van der Waals surface area contributed by atoms with Gasteiger partial charge in [0.15, 0.2) is 0 Å². The molecule has 1 aliphatic carbocycles. The van der Waals surface area contributed by atoms with E-state index >= 15 is 0 Å². The maximum atomic E-state index is 12.8. The Morgan fingerprint density at radius 2 is 2.00 bits per heavy atom. The molecule has 0 fully saturated rings. The summed E-state index contributed by atoms with van der Waals surface area (Å²) in [5, 5.41) is 11.4. The van der Waals surface area contributed by atoms with Crippen molar-refractivity contribution in [2.24, 2.45) is 30.2 Å². The molecule has 1 aromatic rings.